The van der Waals surface area contributed by atoms with Gasteiger partial charge in [0.15, 0.2) is 11.5 Å². The Hall–Kier alpha value is -1.71. The van der Waals surface area contributed by atoms with Crippen LogP contribution in [-0.4, -0.2) is 25.0 Å². The highest BCUT2D eigenvalue weighted by molar-refractivity contribution is 5.61. The van der Waals surface area contributed by atoms with Gasteiger partial charge in [0, 0.05) is 11.8 Å². The van der Waals surface area contributed by atoms with Gasteiger partial charge in [0.05, 0.1) is 13.7 Å². The lowest BCUT2D eigenvalue weighted by Gasteiger charge is -2.06. The average Bonchev–Trinajstić information content (AvgIpc) is 2.16. The minimum absolute atomic E-state index is 0.0825. The average molecular weight is 181 g/mol. The quantitative estimate of drug-likeness (QED) is 0.537. The van der Waals surface area contributed by atoms with Gasteiger partial charge in [-0.25, -0.2) is 0 Å². The molecule has 0 aliphatic rings. The van der Waals surface area contributed by atoms with E-state index in [0.29, 0.717) is 5.75 Å². The molecule has 13 heavy (non-hydrogen) atoms. The molecule has 1 aromatic carbocycles. The highest BCUT2D eigenvalue weighted by atomic mass is 16.5. The monoisotopic (exact) mass is 181 g/mol. The van der Waals surface area contributed by atoms with E-state index in [2.05, 4.69) is 5.32 Å². The third-order valence-corrected chi connectivity index (χ3v) is 1.57. The molecular weight excluding hydrogens is 170 g/mol. The summed E-state index contributed by atoms with van der Waals surface area (Å²) in [6.07, 6.45) is 0.763. The molecule has 2 N–H and O–H groups in total. The van der Waals surface area contributed by atoms with Crippen molar-refractivity contribution in [2.45, 2.75) is 0 Å². The van der Waals surface area contributed by atoms with E-state index in [1.54, 1.807) is 12.1 Å². The van der Waals surface area contributed by atoms with Gasteiger partial charge < -0.3 is 20.0 Å². The molecule has 0 fully saturated rings. The topological polar surface area (TPSA) is 58.6 Å². The normalized spacial score (nSPS) is 9.31. The summed E-state index contributed by atoms with van der Waals surface area (Å²) in [7, 11) is 1.47. The van der Waals surface area contributed by atoms with Crippen LogP contribution in [0.5, 0.6) is 11.5 Å². The Morgan fingerprint density at radius 2 is 2.38 bits per heavy atom. The van der Waals surface area contributed by atoms with Crippen molar-refractivity contribution in [2.75, 3.05) is 19.0 Å². The van der Waals surface area contributed by atoms with Gasteiger partial charge in [0.2, 0.25) is 0 Å². The van der Waals surface area contributed by atoms with E-state index in [1.165, 1.54) is 13.2 Å². The number of rotatable bonds is 4. The van der Waals surface area contributed by atoms with E-state index >= 15 is 0 Å². The predicted molar refractivity (Wildman–Crippen MR) is 49.2 cm³/mol. The first-order chi connectivity index (χ1) is 6.27. The molecule has 0 saturated heterocycles. The Balaban J connectivity index is 2.79. The maximum absolute atomic E-state index is 10.1. The second kappa shape index (κ2) is 4.35. The van der Waals surface area contributed by atoms with Crippen molar-refractivity contribution in [1.29, 1.82) is 0 Å². The molecule has 4 heteroatoms. The molecule has 0 heterocycles. The minimum atomic E-state index is 0.0825. The summed E-state index contributed by atoms with van der Waals surface area (Å²) >= 11 is 0. The number of hydrogen-bond acceptors (Lipinski definition) is 4. The minimum Gasteiger partial charge on any atom is -0.504 e. The number of ether oxygens (including phenoxy) is 1. The maximum atomic E-state index is 10.1. The highest BCUT2D eigenvalue weighted by Crippen LogP contribution is 2.28. The number of carbonyl (C=O) groups excluding carboxylic acids is 1. The van der Waals surface area contributed by atoms with Crippen molar-refractivity contribution in [2.24, 2.45) is 0 Å². The summed E-state index contributed by atoms with van der Waals surface area (Å²) in [6.45, 7) is 0.244. The van der Waals surface area contributed by atoms with Crippen LogP contribution in [0.4, 0.5) is 5.69 Å². The molecule has 1 rings (SSSR count). The second-order valence-electron chi connectivity index (χ2n) is 2.43. The van der Waals surface area contributed by atoms with Gasteiger partial charge >= 0.3 is 0 Å². The predicted octanol–water partition coefficient (Wildman–Crippen LogP) is 1.01. The molecule has 0 spiro atoms. The Labute approximate surface area is 76.1 Å². The Morgan fingerprint density at radius 3 is 3.00 bits per heavy atom. The Morgan fingerprint density at radius 1 is 1.62 bits per heavy atom. The molecule has 0 radical (unpaired) electrons. The Bertz CT molecular complexity index is 299. The van der Waals surface area contributed by atoms with Gasteiger partial charge in [-0.1, -0.05) is 0 Å². The van der Waals surface area contributed by atoms with Crippen molar-refractivity contribution in [1.82, 2.24) is 0 Å². The third kappa shape index (κ3) is 2.37. The van der Waals surface area contributed by atoms with Gasteiger partial charge in [-0.2, -0.15) is 0 Å². The zero-order valence-electron chi connectivity index (χ0n) is 7.28. The molecule has 0 aliphatic heterocycles. The first-order valence-corrected chi connectivity index (χ1v) is 3.82. The number of methoxy groups -OCH3 is 1. The number of nitrogens with one attached hydrogen (secondary N) is 1. The van der Waals surface area contributed by atoms with Crippen LogP contribution in [0.15, 0.2) is 18.2 Å². The molecule has 4 nitrogen and oxygen atoms in total. The van der Waals surface area contributed by atoms with Gasteiger partial charge in [0.1, 0.15) is 6.29 Å². The lowest BCUT2D eigenvalue weighted by Crippen LogP contribution is -2.01. The van der Waals surface area contributed by atoms with Gasteiger partial charge in [-0.3, -0.25) is 0 Å². The highest BCUT2D eigenvalue weighted by Gasteiger charge is 2.01. The summed E-state index contributed by atoms with van der Waals surface area (Å²) in [5.74, 6) is 0.468. The molecule has 1 aromatic rings. The van der Waals surface area contributed by atoms with Crippen LogP contribution in [0.3, 0.4) is 0 Å². The van der Waals surface area contributed by atoms with E-state index in [9.17, 15) is 9.90 Å². The van der Waals surface area contributed by atoms with Crippen molar-refractivity contribution in [3.8, 4) is 11.5 Å². The number of benzene rings is 1. The summed E-state index contributed by atoms with van der Waals surface area (Å²) < 4.78 is 4.89. The number of aldehydes is 1. The molecule has 70 valence electrons. The fourth-order valence-corrected chi connectivity index (χ4v) is 0.947. The first-order valence-electron chi connectivity index (χ1n) is 3.82. The van der Waals surface area contributed by atoms with Crippen molar-refractivity contribution < 1.29 is 14.6 Å². The molecule has 0 saturated carbocycles. The summed E-state index contributed by atoms with van der Waals surface area (Å²) in [5, 5.41) is 12.1. The van der Waals surface area contributed by atoms with Crippen LogP contribution in [-0.2, 0) is 4.79 Å². The largest absolute Gasteiger partial charge is 0.504 e. The summed E-state index contributed by atoms with van der Waals surface area (Å²) in [6, 6.07) is 4.80. The lowest BCUT2D eigenvalue weighted by atomic mass is 10.3. The number of phenolic OH excluding ortho intramolecular Hbond substituents is 1. The van der Waals surface area contributed by atoms with Crippen LogP contribution in [0, 0.1) is 0 Å². The fraction of sp³-hybridized carbons (Fsp3) is 0.222. The summed E-state index contributed by atoms with van der Waals surface area (Å²) in [5.41, 5.74) is 0.738. The van der Waals surface area contributed by atoms with Crippen LogP contribution in [0.2, 0.25) is 0 Å². The fourth-order valence-electron chi connectivity index (χ4n) is 0.947. The number of carbonyl (C=O) groups is 1. The molecule has 0 unspecified atom stereocenters. The van der Waals surface area contributed by atoms with E-state index in [0.717, 1.165) is 12.0 Å². The third-order valence-electron chi connectivity index (χ3n) is 1.57. The molecule has 0 aliphatic carbocycles. The van der Waals surface area contributed by atoms with Crippen molar-refractivity contribution >= 4 is 12.0 Å². The molecule has 0 bridgehead atoms. The van der Waals surface area contributed by atoms with Crippen LogP contribution in [0.25, 0.3) is 0 Å². The number of anilines is 1. The standard InChI is InChI=1S/C9H11NO3/c1-13-9-6-7(10-4-5-11)2-3-8(9)12/h2-3,5-6,10,12H,4H2,1H3. The van der Waals surface area contributed by atoms with Crippen molar-refractivity contribution in [3.63, 3.8) is 0 Å². The zero-order chi connectivity index (χ0) is 9.68. The number of aromatic hydroxyl groups is 1. The van der Waals surface area contributed by atoms with E-state index in [1.807, 2.05) is 0 Å². The SMILES string of the molecule is COc1cc(NCC=O)ccc1O. The Kier molecular flexibility index (Phi) is 3.14. The zero-order valence-corrected chi connectivity index (χ0v) is 7.28. The number of phenols is 1. The lowest BCUT2D eigenvalue weighted by molar-refractivity contribution is -0.106. The molecule has 0 atom stereocenters. The van der Waals surface area contributed by atoms with Gasteiger partial charge in [0.25, 0.3) is 0 Å². The van der Waals surface area contributed by atoms with Gasteiger partial charge in [-0.15, -0.1) is 0 Å². The smallest absolute Gasteiger partial charge is 0.162 e. The van der Waals surface area contributed by atoms with Gasteiger partial charge in [-0.05, 0) is 12.1 Å². The molecule has 0 amide bonds. The van der Waals surface area contributed by atoms with E-state index in [4.69, 9.17) is 4.74 Å². The summed E-state index contributed by atoms with van der Waals surface area (Å²) in [4.78, 5) is 10.1. The van der Waals surface area contributed by atoms with Crippen molar-refractivity contribution in [3.05, 3.63) is 18.2 Å². The van der Waals surface area contributed by atoms with E-state index in [-0.39, 0.29) is 12.3 Å². The van der Waals surface area contributed by atoms with Crippen LogP contribution >= 0.6 is 0 Å². The number of hydrogen-bond donors (Lipinski definition) is 2. The van der Waals surface area contributed by atoms with Crippen LogP contribution < -0.4 is 10.1 Å². The second-order valence-corrected chi connectivity index (χ2v) is 2.43. The molecule has 0 aromatic heterocycles. The maximum Gasteiger partial charge on any atom is 0.162 e. The molecular formula is C9H11NO3. The van der Waals surface area contributed by atoms with Crippen LogP contribution in [0.1, 0.15) is 0 Å². The first kappa shape index (κ1) is 9.38. The van der Waals surface area contributed by atoms with E-state index < -0.39 is 0 Å².